The van der Waals surface area contributed by atoms with E-state index in [2.05, 4.69) is 0 Å². The predicted octanol–water partition coefficient (Wildman–Crippen LogP) is -0.375. The quantitative estimate of drug-likeness (QED) is 0.531. The SMILES string of the molecule is CC(C)(C(=O)O)C(=O)CN. The summed E-state index contributed by atoms with van der Waals surface area (Å²) in [6, 6.07) is 0. The first kappa shape index (κ1) is 9.10. The lowest BCUT2D eigenvalue weighted by atomic mass is 9.88. The Morgan fingerprint density at radius 1 is 1.50 bits per heavy atom. The van der Waals surface area contributed by atoms with Gasteiger partial charge in [-0.2, -0.15) is 0 Å². The van der Waals surface area contributed by atoms with Crippen LogP contribution in [-0.2, 0) is 9.59 Å². The lowest BCUT2D eigenvalue weighted by Gasteiger charge is -2.15. The summed E-state index contributed by atoms with van der Waals surface area (Å²) in [4.78, 5) is 21.1. The fourth-order valence-electron chi connectivity index (χ4n) is 0.374. The molecule has 0 amide bonds. The average molecular weight is 145 g/mol. The van der Waals surface area contributed by atoms with E-state index in [1.165, 1.54) is 13.8 Å². The van der Waals surface area contributed by atoms with Crippen molar-refractivity contribution in [1.29, 1.82) is 0 Å². The van der Waals surface area contributed by atoms with Crippen LogP contribution in [0, 0.1) is 5.41 Å². The van der Waals surface area contributed by atoms with E-state index in [1.54, 1.807) is 0 Å². The third-order valence-corrected chi connectivity index (χ3v) is 1.42. The monoisotopic (exact) mass is 145 g/mol. The number of hydrogen-bond donors (Lipinski definition) is 2. The highest BCUT2D eigenvalue weighted by Gasteiger charge is 2.34. The lowest BCUT2D eigenvalue weighted by molar-refractivity contribution is -0.152. The van der Waals surface area contributed by atoms with Crippen LogP contribution >= 0.6 is 0 Å². The Balaban J connectivity index is 4.40. The van der Waals surface area contributed by atoms with Gasteiger partial charge in [-0.15, -0.1) is 0 Å². The van der Waals surface area contributed by atoms with Gasteiger partial charge in [0.25, 0.3) is 0 Å². The molecule has 0 spiro atoms. The fourth-order valence-corrected chi connectivity index (χ4v) is 0.374. The van der Waals surface area contributed by atoms with Gasteiger partial charge in [-0.3, -0.25) is 9.59 Å². The molecule has 4 nitrogen and oxygen atoms in total. The van der Waals surface area contributed by atoms with Gasteiger partial charge in [0.15, 0.2) is 5.78 Å². The molecule has 0 aromatic rings. The molecule has 0 unspecified atom stereocenters. The van der Waals surface area contributed by atoms with Gasteiger partial charge in [0, 0.05) is 0 Å². The molecule has 0 aliphatic heterocycles. The summed E-state index contributed by atoms with van der Waals surface area (Å²) in [5.41, 5.74) is 3.64. The number of carbonyl (C=O) groups is 2. The van der Waals surface area contributed by atoms with E-state index >= 15 is 0 Å². The minimum Gasteiger partial charge on any atom is -0.481 e. The van der Waals surface area contributed by atoms with E-state index in [9.17, 15) is 9.59 Å². The number of nitrogens with two attached hydrogens (primary N) is 1. The second kappa shape index (κ2) is 2.79. The molecular formula is C6H11NO3. The predicted molar refractivity (Wildman–Crippen MR) is 35.5 cm³/mol. The lowest BCUT2D eigenvalue weighted by Crippen LogP contribution is -2.37. The van der Waals surface area contributed by atoms with E-state index in [-0.39, 0.29) is 6.54 Å². The molecule has 0 radical (unpaired) electrons. The van der Waals surface area contributed by atoms with Crippen LogP contribution in [0.15, 0.2) is 0 Å². The first-order chi connectivity index (χ1) is 4.42. The molecule has 0 fully saturated rings. The van der Waals surface area contributed by atoms with Gasteiger partial charge in [0.1, 0.15) is 5.41 Å². The molecule has 0 atom stereocenters. The number of Topliss-reactive ketones (excluding diaryl/α,β-unsaturated/α-hetero) is 1. The number of carboxylic acids is 1. The molecule has 0 saturated heterocycles. The van der Waals surface area contributed by atoms with Crippen molar-refractivity contribution < 1.29 is 14.7 Å². The summed E-state index contributed by atoms with van der Waals surface area (Å²) in [5.74, 6) is -1.59. The normalized spacial score (nSPS) is 11.1. The van der Waals surface area contributed by atoms with Gasteiger partial charge in [-0.05, 0) is 13.8 Å². The van der Waals surface area contributed by atoms with E-state index < -0.39 is 17.2 Å². The number of rotatable bonds is 3. The smallest absolute Gasteiger partial charge is 0.316 e. The Kier molecular flexibility index (Phi) is 2.54. The molecule has 0 heterocycles. The molecule has 0 aliphatic carbocycles. The number of hydrogen-bond acceptors (Lipinski definition) is 3. The van der Waals surface area contributed by atoms with E-state index in [1.807, 2.05) is 0 Å². The number of ketones is 1. The number of carboxylic acid groups (broad SMARTS) is 1. The molecule has 3 N–H and O–H groups in total. The van der Waals surface area contributed by atoms with Crippen LogP contribution in [0.1, 0.15) is 13.8 Å². The minimum atomic E-state index is -1.34. The zero-order valence-corrected chi connectivity index (χ0v) is 6.05. The standard InChI is InChI=1S/C6H11NO3/c1-6(2,5(9)10)4(8)3-7/h3,7H2,1-2H3,(H,9,10). The molecular weight excluding hydrogens is 134 g/mol. The van der Waals surface area contributed by atoms with Crippen molar-refractivity contribution in [3.05, 3.63) is 0 Å². The maximum atomic E-state index is 10.8. The Bertz CT molecular complexity index is 162. The maximum Gasteiger partial charge on any atom is 0.316 e. The van der Waals surface area contributed by atoms with Gasteiger partial charge in [0.2, 0.25) is 0 Å². The molecule has 58 valence electrons. The van der Waals surface area contributed by atoms with Crippen molar-refractivity contribution in [1.82, 2.24) is 0 Å². The highest BCUT2D eigenvalue weighted by molar-refractivity contribution is 6.02. The Morgan fingerprint density at radius 2 is 1.90 bits per heavy atom. The van der Waals surface area contributed by atoms with Gasteiger partial charge in [0.05, 0.1) is 6.54 Å². The van der Waals surface area contributed by atoms with E-state index in [0.717, 1.165) is 0 Å². The van der Waals surface area contributed by atoms with Crippen molar-refractivity contribution in [3.63, 3.8) is 0 Å². The van der Waals surface area contributed by atoms with Crippen LogP contribution in [0.4, 0.5) is 0 Å². The molecule has 0 bridgehead atoms. The first-order valence-electron chi connectivity index (χ1n) is 2.89. The summed E-state index contributed by atoms with van der Waals surface area (Å²) in [6.45, 7) is 2.45. The van der Waals surface area contributed by atoms with Crippen LogP contribution in [-0.4, -0.2) is 23.4 Å². The fraction of sp³-hybridized carbons (Fsp3) is 0.667. The highest BCUT2D eigenvalue weighted by atomic mass is 16.4. The Labute approximate surface area is 59.0 Å². The zero-order chi connectivity index (χ0) is 8.36. The molecule has 0 aromatic heterocycles. The van der Waals surface area contributed by atoms with Crippen molar-refractivity contribution in [2.45, 2.75) is 13.8 Å². The average Bonchev–Trinajstić information content (AvgIpc) is 1.86. The van der Waals surface area contributed by atoms with E-state index in [4.69, 9.17) is 10.8 Å². The van der Waals surface area contributed by atoms with E-state index in [0.29, 0.717) is 0 Å². The van der Waals surface area contributed by atoms with Crippen LogP contribution in [0.25, 0.3) is 0 Å². The second-order valence-corrected chi connectivity index (χ2v) is 2.56. The molecule has 4 heteroatoms. The van der Waals surface area contributed by atoms with Crippen LogP contribution < -0.4 is 5.73 Å². The largest absolute Gasteiger partial charge is 0.481 e. The summed E-state index contributed by atoms with van der Waals surface area (Å²) in [6.07, 6.45) is 0. The van der Waals surface area contributed by atoms with Crippen molar-refractivity contribution >= 4 is 11.8 Å². The summed E-state index contributed by atoms with van der Waals surface area (Å²) >= 11 is 0. The third kappa shape index (κ3) is 1.54. The summed E-state index contributed by atoms with van der Waals surface area (Å²) in [7, 11) is 0. The number of carbonyl (C=O) groups excluding carboxylic acids is 1. The van der Waals surface area contributed by atoms with Crippen molar-refractivity contribution in [2.75, 3.05) is 6.54 Å². The van der Waals surface area contributed by atoms with Gasteiger partial charge >= 0.3 is 5.97 Å². The highest BCUT2D eigenvalue weighted by Crippen LogP contribution is 2.15. The first-order valence-corrected chi connectivity index (χ1v) is 2.89. The van der Waals surface area contributed by atoms with Gasteiger partial charge in [-0.25, -0.2) is 0 Å². The Morgan fingerprint density at radius 3 is 2.00 bits per heavy atom. The van der Waals surface area contributed by atoms with Crippen molar-refractivity contribution in [2.24, 2.45) is 11.1 Å². The Hall–Kier alpha value is -0.900. The minimum absolute atomic E-state index is 0.223. The molecule has 0 saturated carbocycles. The van der Waals surface area contributed by atoms with Crippen LogP contribution in [0.2, 0.25) is 0 Å². The maximum absolute atomic E-state index is 10.8. The molecule has 0 aliphatic rings. The third-order valence-electron chi connectivity index (χ3n) is 1.42. The van der Waals surface area contributed by atoms with Crippen LogP contribution in [0.5, 0.6) is 0 Å². The van der Waals surface area contributed by atoms with Crippen LogP contribution in [0.3, 0.4) is 0 Å². The van der Waals surface area contributed by atoms with Gasteiger partial charge in [-0.1, -0.05) is 0 Å². The molecule has 0 rings (SSSR count). The second-order valence-electron chi connectivity index (χ2n) is 2.56. The summed E-state index contributed by atoms with van der Waals surface area (Å²) in [5, 5.41) is 8.47. The zero-order valence-electron chi connectivity index (χ0n) is 6.05. The van der Waals surface area contributed by atoms with Crippen molar-refractivity contribution in [3.8, 4) is 0 Å². The summed E-state index contributed by atoms with van der Waals surface area (Å²) < 4.78 is 0. The van der Waals surface area contributed by atoms with Gasteiger partial charge < -0.3 is 10.8 Å². The molecule has 0 aromatic carbocycles. The molecule has 10 heavy (non-hydrogen) atoms. The number of aliphatic carboxylic acids is 1. The topological polar surface area (TPSA) is 80.4 Å².